The summed E-state index contributed by atoms with van der Waals surface area (Å²) in [5, 5.41) is 9.51. The number of hydrogen-bond acceptors (Lipinski definition) is 4. The van der Waals surface area contributed by atoms with E-state index in [2.05, 4.69) is 212 Å². The summed E-state index contributed by atoms with van der Waals surface area (Å²) in [6.45, 7) is 0.529. The van der Waals surface area contributed by atoms with Gasteiger partial charge in [0, 0.05) is 61.5 Å². The van der Waals surface area contributed by atoms with Crippen molar-refractivity contribution in [3.05, 3.63) is 182 Å². The van der Waals surface area contributed by atoms with Gasteiger partial charge in [-0.3, -0.25) is 9.13 Å². The van der Waals surface area contributed by atoms with Gasteiger partial charge in [-0.15, -0.1) is 0 Å². The molecule has 0 amide bonds. The van der Waals surface area contributed by atoms with Crippen molar-refractivity contribution in [1.82, 2.24) is 23.2 Å². The third-order valence-corrected chi connectivity index (χ3v) is 13.3. The van der Waals surface area contributed by atoms with Crippen LogP contribution in [-0.2, 0) is 0 Å². The predicted octanol–water partition coefficient (Wildman–Crippen LogP) is 11.9. The molecule has 292 valence electrons. The summed E-state index contributed by atoms with van der Waals surface area (Å²) >= 11 is 0. The second-order valence-corrected chi connectivity index (χ2v) is 16.5. The Bertz CT molecular complexity index is 3970. The Morgan fingerprint density at radius 3 is 1.52 bits per heavy atom. The molecule has 62 heavy (non-hydrogen) atoms. The van der Waals surface area contributed by atoms with Crippen LogP contribution in [0.3, 0.4) is 0 Å². The molecule has 8 nitrogen and oxygen atoms in total. The molecule has 0 spiro atoms. The summed E-state index contributed by atoms with van der Waals surface area (Å²) in [7, 11) is 2.14. The molecule has 12 aromatic rings. The van der Waals surface area contributed by atoms with Gasteiger partial charge in [0.2, 0.25) is 11.9 Å². The van der Waals surface area contributed by atoms with Gasteiger partial charge in [0.05, 0.1) is 50.7 Å². The quantitative estimate of drug-likeness (QED) is 0.172. The van der Waals surface area contributed by atoms with Crippen LogP contribution in [0.15, 0.2) is 197 Å². The van der Waals surface area contributed by atoms with Crippen LogP contribution in [-0.4, -0.2) is 60.6 Å². The predicted molar refractivity (Wildman–Crippen MR) is 257 cm³/mol. The van der Waals surface area contributed by atoms with E-state index in [1.54, 1.807) is 0 Å². The Balaban J connectivity index is 0.992. The highest BCUT2D eigenvalue weighted by Gasteiger charge is 2.37. The minimum Gasteiger partial charge on any atom is -0.333 e. The zero-order valence-corrected chi connectivity index (χ0v) is 33.7. The Kier molecular flexibility index (Phi) is 6.72. The topological polar surface area (TPSA) is 60.0 Å². The molecule has 6 heterocycles. The smallest absolute Gasteiger partial charge is 0.231 e. The number of nitrogens with zero attached hydrogens (tertiary/aromatic N) is 8. The molecule has 0 bridgehead atoms. The van der Waals surface area contributed by atoms with E-state index in [9.17, 15) is 0 Å². The van der Waals surface area contributed by atoms with Crippen LogP contribution in [0.1, 0.15) is 0 Å². The third-order valence-electron chi connectivity index (χ3n) is 13.3. The van der Waals surface area contributed by atoms with Crippen LogP contribution in [0.25, 0.3) is 98.6 Å². The lowest BCUT2D eigenvalue weighted by Gasteiger charge is -2.25. The van der Waals surface area contributed by atoms with Crippen LogP contribution in [0, 0.1) is 0 Å². The van der Waals surface area contributed by atoms with Crippen molar-refractivity contribution < 1.29 is 0 Å². The molecule has 8 aromatic carbocycles. The van der Waals surface area contributed by atoms with E-state index in [4.69, 9.17) is 15.0 Å². The summed E-state index contributed by atoms with van der Waals surface area (Å²) < 4.78 is 9.38. The lowest BCUT2D eigenvalue weighted by Crippen LogP contribution is -2.41. The molecule has 2 aliphatic rings. The number of fused-ring (bicyclic) bond motifs is 14. The molecule has 0 radical (unpaired) electrons. The van der Waals surface area contributed by atoms with Gasteiger partial charge in [0.1, 0.15) is 6.04 Å². The Labute approximate surface area is 354 Å². The zero-order valence-electron chi connectivity index (χ0n) is 33.7. The van der Waals surface area contributed by atoms with Gasteiger partial charge in [-0.25, -0.2) is 4.99 Å². The molecular weight excluding hydrogens is 761 g/mol. The number of aromatic nitrogens is 4. The fourth-order valence-corrected chi connectivity index (χ4v) is 10.6. The zero-order chi connectivity index (χ0) is 40.6. The second-order valence-electron chi connectivity index (χ2n) is 16.5. The minimum atomic E-state index is -0.113. The van der Waals surface area contributed by atoms with E-state index in [1.807, 2.05) is 0 Å². The maximum Gasteiger partial charge on any atom is 0.231 e. The maximum atomic E-state index is 5.48. The van der Waals surface area contributed by atoms with Crippen molar-refractivity contribution in [3.8, 4) is 11.4 Å². The number of aliphatic imine (C=N–C) groups is 3. The van der Waals surface area contributed by atoms with Crippen molar-refractivity contribution in [1.29, 1.82) is 0 Å². The molecule has 0 aliphatic carbocycles. The van der Waals surface area contributed by atoms with Crippen LogP contribution in [0.5, 0.6) is 0 Å². The summed E-state index contributed by atoms with van der Waals surface area (Å²) in [4.78, 5) is 18.4. The maximum absolute atomic E-state index is 5.48. The van der Waals surface area contributed by atoms with E-state index < -0.39 is 0 Å². The van der Waals surface area contributed by atoms with Crippen molar-refractivity contribution >= 4 is 105 Å². The van der Waals surface area contributed by atoms with Gasteiger partial charge in [0.15, 0.2) is 5.84 Å². The summed E-state index contributed by atoms with van der Waals surface area (Å²) in [5.74, 6) is 2.27. The Morgan fingerprint density at radius 1 is 0.403 bits per heavy atom. The average Bonchev–Trinajstić information content (AvgIpc) is 4.11. The van der Waals surface area contributed by atoms with E-state index in [1.165, 1.54) is 48.9 Å². The van der Waals surface area contributed by atoms with E-state index >= 15 is 0 Å². The number of benzene rings is 8. The molecule has 0 saturated carbocycles. The van der Waals surface area contributed by atoms with Gasteiger partial charge in [0.25, 0.3) is 0 Å². The standard InChI is InChI=1S/C54H36N8/c1-58-49-32-55-53(61-43-25-13-10-22-37(43)41-30-47-40(31-48(41)61)36-21-9-12-24-42(36)60(47)34-18-6-3-7-19-34)56-52(49)57-54(58)62-44-26-14-8-20-35(44)38-28-29-46-50(51(38)62)39-23-11-15-27-45(39)59(46)33-16-4-2-5-17-33/h2-31,49H,32H2,1H3. The van der Waals surface area contributed by atoms with Crippen molar-refractivity contribution in [2.24, 2.45) is 15.0 Å². The van der Waals surface area contributed by atoms with E-state index in [0.29, 0.717) is 12.5 Å². The number of amidine groups is 1. The van der Waals surface area contributed by atoms with E-state index in [-0.39, 0.29) is 6.04 Å². The summed E-state index contributed by atoms with van der Waals surface area (Å²) in [6.07, 6.45) is 0. The minimum absolute atomic E-state index is 0.113. The van der Waals surface area contributed by atoms with Crippen molar-refractivity contribution in [2.45, 2.75) is 6.04 Å². The molecule has 0 saturated heterocycles. The lowest BCUT2D eigenvalue weighted by atomic mass is 10.1. The molecular formula is C54H36N8. The highest BCUT2D eigenvalue weighted by Crippen LogP contribution is 2.42. The molecule has 14 rings (SSSR count). The van der Waals surface area contributed by atoms with Crippen LogP contribution < -0.4 is 0 Å². The van der Waals surface area contributed by atoms with Gasteiger partial charge < -0.3 is 14.0 Å². The molecule has 4 aromatic heterocycles. The van der Waals surface area contributed by atoms with Crippen LogP contribution >= 0.6 is 0 Å². The van der Waals surface area contributed by atoms with Gasteiger partial charge >= 0.3 is 0 Å². The fraction of sp³-hybridized carbons (Fsp3) is 0.0556. The van der Waals surface area contributed by atoms with Crippen LogP contribution in [0.2, 0.25) is 0 Å². The largest absolute Gasteiger partial charge is 0.333 e. The first kappa shape index (κ1) is 33.6. The summed E-state index contributed by atoms with van der Waals surface area (Å²) in [6, 6.07) is 65.2. The molecule has 8 heteroatoms. The number of hydrogen-bond donors (Lipinski definition) is 0. The first-order chi connectivity index (χ1) is 30.7. The number of likely N-dealkylation sites (N-methyl/N-ethyl adjacent to an activating group) is 1. The van der Waals surface area contributed by atoms with Gasteiger partial charge in [-0.2, -0.15) is 9.98 Å². The number of para-hydroxylation sites is 6. The number of rotatable bonds is 2. The normalized spacial score (nSPS) is 15.5. The van der Waals surface area contributed by atoms with Crippen molar-refractivity contribution in [2.75, 3.05) is 13.6 Å². The highest BCUT2D eigenvalue weighted by atomic mass is 15.4. The average molecular weight is 797 g/mol. The molecule has 1 unspecified atom stereocenters. The molecule has 1 atom stereocenters. The first-order valence-electron chi connectivity index (χ1n) is 21.2. The summed E-state index contributed by atoms with van der Waals surface area (Å²) in [5.41, 5.74) is 11.3. The third kappa shape index (κ3) is 4.42. The molecule has 0 N–H and O–H groups in total. The SMILES string of the molecule is CN1C(n2c3ccccc3c3ccc4c(c5ccccc5n4-c4ccccc4)c32)=NC2=NC(n3c4ccccc4c4cc5c(cc43)c3ccccc3n5-c3ccccc3)=NCC21. The Morgan fingerprint density at radius 2 is 0.887 bits per heavy atom. The fourth-order valence-electron chi connectivity index (χ4n) is 10.6. The monoisotopic (exact) mass is 796 g/mol. The second kappa shape index (κ2) is 12.4. The highest BCUT2D eigenvalue weighted by molar-refractivity contribution is 6.29. The van der Waals surface area contributed by atoms with E-state index in [0.717, 1.165) is 61.5 Å². The molecule has 0 fully saturated rings. The molecule has 2 aliphatic heterocycles. The first-order valence-corrected chi connectivity index (χ1v) is 21.2. The Hall–Kier alpha value is -8.23. The van der Waals surface area contributed by atoms with Gasteiger partial charge in [-0.05, 0) is 66.7 Å². The van der Waals surface area contributed by atoms with Gasteiger partial charge in [-0.1, -0.05) is 115 Å². The lowest BCUT2D eigenvalue weighted by molar-refractivity contribution is 0.456. The van der Waals surface area contributed by atoms with Crippen molar-refractivity contribution in [3.63, 3.8) is 0 Å². The van der Waals surface area contributed by atoms with Crippen LogP contribution in [0.4, 0.5) is 0 Å².